The Labute approximate surface area is 137 Å². The Bertz CT molecular complexity index is 575. The molecule has 0 aromatic heterocycles. The Balaban J connectivity index is 2.83. The Hall–Kier alpha value is -2.39. The van der Waals surface area contributed by atoms with E-state index in [1.54, 1.807) is 24.0 Å². The summed E-state index contributed by atoms with van der Waals surface area (Å²) >= 11 is 0. The number of hydrogen-bond donors (Lipinski definition) is 1. The van der Waals surface area contributed by atoms with Gasteiger partial charge in [0, 0.05) is 26.6 Å². The smallest absolute Gasteiger partial charge is 0.245 e. The average Bonchev–Trinajstić information content (AvgIpc) is 2.50. The molecule has 0 aliphatic heterocycles. The lowest BCUT2D eigenvalue weighted by Gasteiger charge is -2.27. The van der Waals surface area contributed by atoms with Gasteiger partial charge in [-0.25, -0.2) is 0 Å². The Morgan fingerprint density at radius 2 is 1.83 bits per heavy atom. The largest absolute Gasteiger partial charge is 0.345 e. The minimum absolute atomic E-state index is 0.119. The summed E-state index contributed by atoms with van der Waals surface area (Å²) in [5.74, 6) is -0.344. The summed E-state index contributed by atoms with van der Waals surface area (Å²) in [5.41, 5.74) is 1.54. The minimum atomic E-state index is -0.562. The van der Waals surface area contributed by atoms with Crippen molar-refractivity contribution in [2.24, 2.45) is 0 Å². The minimum Gasteiger partial charge on any atom is -0.345 e. The van der Waals surface area contributed by atoms with E-state index in [9.17, 15) is 9.59 Å². The average molecular weight is 316 g/mol. The number of nitrogens with zero attached hydrogens (tertiary/aromatic N) is 3. The van der Waals surface area contributed by atoms with Crippen molar-refractivity contribution >= 4 is 11.8 Å². The van der Waals surface area contributed by atoms with Crippen molar-refractivity contribution in [3.05, 3.63) is 35.4 Å². The molecule has 1 N–H and O–H groups in total. The van der Waals surface area contributed by atoms with Gasteiger partial charge in [-0.1, -0.05) is 12.1 Å². The standard InChI is InChI=1S/C17H24N4O2/c1-13(19-14(2)22)17(23)21(10-9-20(3)4)12-16-7-5-15(11-18)6-8-16/h5-8,13H,9-10,12H2,1-4H3,(H,19,22). The quantitative estimate of drug-likeness (QED) is 0.813. The van der Waals surface area contributed by atoms with Crippen LogP contribution in [0.2, 0.25) is 0 Å². The number of amides is 2. The molecule has 0 fully saturated rings. The molecule has 0 spiro atoms. The van der Waals surface area contributed by atoms with Crippen LogP contribution in [0.15, 0.2) is 24.3 Å². The van der Waals surface area contributed by atoms with Gasteiger partial charge in [-0.05, 0) is 38.7 Å². The van der Waals surface area contributed by atoms with Crippen molar-refractivity contribution in [2.45, 2.75) is 26.4 Å². The topological polar surface area (TPSA) is 76.4 Å². The normalized spacial score (nSPS) is 11.7. The zero-order valence-electron chi connectivity index (χ0n) is 14.2. The maximum Gasteiger partial charge on any atom is 0.245 e. The summed E-state index contributed by atoms with van der Waals surface area (Å²) in [4.78, 5) is 27.4. The third-order valence-corrected chi connectivity index (χ3v) is 3.38. The van der Waals surface area contributed by atoms with Crippen molar-refractivity contribution in [2.75, 3.05) is 27.2 Å². The summed E-state index contributed by atoms with van der Waals surface area (Å²) in [6.45, 7) is 4.83. The molecule has 1 atom stereocenters. The predicted molar refractivity (Wildman–Crippen MR) is 88.4 cm³/mol. The molecular weight excluding hydrogens is 292 g/mol. The summed E-state index contributed by atoms with van der Waals surface area (Å²) in [5, 5.41) is 11.5. The van der Waals surface area contributed by atoms with Gasteiger partial charge < -0.3 is 15.1 Å². The molecule has 0 aliphatic carbocycles. The molecule has 1 aromatic rings. The van der Waals surface area contributed by atoms with Gasteiger partial charge in [-0.15, -0.1) is 0 Å². The highest BCUT2D eigenvalue weighted by molar-refractivity contribution is 5.86. The zero-order valence-corrected chi connectivity index (χ0v) is 14.2. The lowest BCUT2D eigenvalue weighted by molar-refractivity contribution is -0.136. The van der Waals surface area contributed by atoms with Gasteiger partial charge in [0.25, 0.3) is 0 Å². The molecule has 0 saturated heterocycles. The maximum absolute atomic E-state index is 12.6. The first-order chi connectivity index (χ1) is 10.8. The van der Waals surface area contributed by atoms with Crippen LogP contribution < -0.4 is 5.32 Å². The van der Waals surface area contributed by atoms with E-state index in [0.717, 1.165) is 12.1 Å². The number of nitriles is 1. The Kier molecular flexibility index (Phi) is 7.23. The highest BCUT2D eigenvalue weighted by Crippen LogP contribution is 2.09. The van der Waals surface area contributed by atoms with Crippen molar-refractivity contribution < 1.29 is 9.59 Å². The van der Waals surface area contributed by atoms with Crippen LogP contribution in [0.25, 0.3) is 0 Å². The van der Waals surface area contributed by atoms with Crippen LogP contribution in [0, 0.1) is 11.3 Å². The lowest BCUT2D eigenvalue weighted by atomic mass is 10.1. The van der Waals surface area contributed by atoms with E-state index in [1.165, 1.54) is 6.92 Å². The van der Waals surface area contributed by atoms with Crippen molar-refractivity contribution in [1.82, 2.24) is 15.1 Å². The molecule has 0 bridgehead atoms. The van der Waals surface area contributed by atoms with E-state index in [1.807, 2.05) is 31.1 Å². The van der Waals surface area contributed by atoms with E-state index in [2.05, 4.69) is 11.4 Å². The van der Waals surface area contributed by atoms with Crippen LogP contribution in [0.5, 0.6) is 0 Å². The first-order valence-corrected chi connectivity index (χ1v) is 7.53. The third-order valence-electron chi connectivity index (χ3n) is 3.38. The molecule has 6 heteroatoms. The van der Waals surface area contributed by atoms with Crippen LogP contribution in [0.4, 0.5) is 0 Å². The van der Waals surface area contributed by atoms with Crippen molar-refractivity contribution in [1.29, 1.82) is 5.26 Å². The van der Waals surface area contributed by atoms with Gasteiger partial charge in [0.05, 0.1) is 11.6 Å². The molecule has 1 rings (SSSR count). The first kappa shape index (κ1) is 18.7. The Morgan fingerprint density at radius 1 is 1.22 bits per heavy atom. The SMILES string of the molecule is CC(=O)NC(C)C(=O)N(CCN(C)C)Cc1ccc(C#N)cc1. The van der Waals surface area contributed by atoms with E-state index in [0.29, 0.717) is 18.7 Å². The molecule has 23 heavy (non-hydrogen) atoms. The van der Waals surface area contributed by atoms with E-state index in [-0.39, 0.29) is 11.8 Å². The summed E-state index contributed by atoms with van der Waals surface area (Å²) in [6.07, 6.45) is 0. The van der Waals surface area contributed by atoms with Crippen LogP contribution in [-0.4, -0.2) is 54.8 Å². The second kappa shape index (κ2) is 8.91. The van der Waals surface area contributed by atoms with Crippen LogP contribution in [-0.2, 0) is 16.1 Å². The van der Waals surface area contributed by atoms with Crippen LogP contribution >= 0.6 is 0 Å². The number of carbonyl (C=O) groups is 2. The monoisotopic (exact) mass is 316 g/mol. The van der Waals surface area contributed by atoms with Gasteiger partial charge in [0.15, 0.2) is 0 Å². The van der Waals surface area contributed by atoms with Gasteiger partial charge in [-0.2, -0.15) is 5.26 Å². The summed E-state index contributed by atoms with van der Waals surface area (Å²) in [6, 6.07) is 8.68. The number of rotatable bonds is 7. The van der Waals surface area contributed by atoms with Gasteiger partial charge in [0.1, 0.15) is 6.04 Å². The molecule has 0 saturated carbocycles. The van der Waals surface area contributed by atoms with E-state index < -0.39 is 6.04 Å². The fraction of sp³-hybridized carbons (Fsp3) is 0.471. The maximum atomic E-state index is 12.6. The van der Waals surface area contributed by atoms with Gasteiger partial charge in [-0.3, -0.25) is 9.59 Å². The van der Waals surface area contributed by atoms with E-state index >= 15 is 0 Å². The number of carbonyl (C=O) groups excluding carboxylic acids is 2. The molecule has 0 radical (unpaired) electrons. The van der Waals surface area contributed by atoms with Gasteiger partial charge >= 0.3 is 0 Å². The number of hydrogen-bond acceptors (Lipinski definition) is 4. The molecule has 124 valence electrons. The highest BCUT2D eigenvalue weighted by atomic mass is 16.2. The zero-order chi connectivity index (χ0) is 17.4. The number of benzene rings is 1. The molecule has 1 unspecified atom stereocenters. The van der Waals surface area contributed by atoms with Crippen molar-refractivity contribution in [3.8, 4) is 6.07 Å². The molecular formula is C17H24N4O2. The van der Waals surface area contributed by atoms with Crippen molar-refractivity contribution in [3.63, 3.8) is 0 Å². The second-order valence-electron chi connectivity index (χ2n) is 5.79. The molecule has 0 aliphatic rings. The van der Waals surface area contributed by atoms with Crippen LogP contribution in [0.3, 0.4) is 0 Å². The number of nitrogens with one attached hydrogen (secondary N) is 1. The summed E-state index contributed by atoms with van der Waals surface area (Å²) < 4.78 is 0. The second-order valence-corrected chi connectivity index (χ2v) is 5.79. The molecule has 1 aromatic carbocycles. The lowest BCUT2D eigenvalue weighted by Crippen LogP contribution is -2.47. The molecule has 2 amide bonds. The third kappa shape index (κ3) is 6.49. The fourth-order valence-electron chi connectivity index (χ4n) is 2.13. The molecule has 6 nitrogen and oxygen atoms in total. The molecule has 0 heterocycles. The fourth-order valence-corrected chi connectivity index (χ4v) is 2.13. The summed E-state index contributed by atoms with van der Waals surface area (Å²) in [7, 11) is 3.89. The van der Waals surface area contributed by atoms with Gasteiger partial charge in [0.2, 0.25) is 11.8 Å². The number of likely N-dealkylation sites (N-methyl/N-ethyl adjacent to an activating group) is 1. The highest BCUT2D eigenvalue weighted by Gasteiger charge is 2.21. The van der Waals surface area contributed by atoms with E-state index in [4.69, 9.17) is 5.26 Å². The Morgan fingerprint density at radius 3 is 2.30 bits per heavy atom. The van der Waals surface area contributed by atoms with Crippen LogP contribution in [0.1, 0.15) is 25.0 Å². The first-order valence-electron chi connectivity index (χ1n) is 7.53. The predicted octanol–water partition coefficient (Wildman–Crippen LogP) is 0.973.